The van der Waals surface area contributed by atoms with Gasteiger partial charge in [-0.3, -0.25) is 9.69 Å². The number of hydrogen-bond donors (Lipinski definition) is 1. The number of carbonyl (C=O) groups excluding carboxylic acids is 1. The van der Waals surface area contributed by atoms with Crippen molar-refractivity contribution in [3.63, 3.8) is 0 Å². The molecule has 1 aliphatic rings. The minimum absolute atomic E-state index is 0.107. The fraction of sp³-hybridized carbons (Fsp3) is 0.381. The summed E-state index contributed by atoms with van der Waals surface area (Å²) in [6.07, 6.45) is 0. The van der Waals surface area contributed by atoms with Crippen LogP contribution in [0.4, 0.5) is 0 Å². The van der Waals surface area contributed by atoms with Crippen LogP contribution in [-0.2, 0) is 4.74 Å². The van der Waals surface area contributed by atoms with Crippen LogP contribution in [0.5, 0.6) is 11.5 Å². The van der Waals surface area contributed by atoms with Crippen molar-refractivity contribution in [1.29, 1.82) is 0 Å². The number of methoxy groups -OCH3 is 2. The van der Waals surface area contributed by atoms with Gasteiger partial charge in [-0.2, -0.15) is 0 Å². The van der Waals surface area contributed by atoms with Crippen molar-refractivity contribution in [3.05, 3.63) is 59.7 Å². The predicted molar refractivity (Wildman–Crippen MR) is 103 cm³/mol. The summed E-state index contributed by atoms with van der Waals surface area (Å²) in [4.78, 5) is 15.2. The third-order valence-corrected chi connectivity index (χ3v) is 4.70. The van der Waals surface area contributed by atoms with E-state index in [1.54, 1.807) is 32.4 Å². The molecule has 2 aromatic rings. The van der Waals surface area contributed by atoms with Crippen LogP contribution in [0.3, 0.4) is 0 Å². The maximum Gasteiger partial charge on any atom is 0.251 e. The molecule has 1 amide bonds. The van der Waals surface area contributed by atoms with Gasteiger partial charge in [0.2, 0.25) is 0 Å². The highest BCUT2D eigenvalue weighted by molar-refractivity contribution is 5.95. The summed E-state index contributed by atoms with van der Waals surface area (Å²) in [6, 6.07) is 15.1. The maximum atomic E-state index is 12.9. The van der Waals surface area contributed by atoms with Gasteiger partial charge in [0.1, 0.15) is 0 Å². The van der Waals surface area contributed by atoms with Crippen molar-refractivity contribution >= 4 is 5.91 Å². The first-order chi connectivity index (χ1) is 13.2. The first-order valence-electron chi connectivity index (χ1n) is 9.09. The monoisotopic (exact) mass is 370 g/mol. The molecule has 0 bridgehead atoms. The fourth-order valence-electron chi connectivity index (χ4n) is 3.18. The molecule has 1 heterocycles. The van der Waals surface area contributed by atoms with E-state index in [-0.39, 0.29) is 11.9 Å². The van der Waals surface area contributed by atoms with Gasteiger partial charge in [0.25, 0.3) is 5.91 Å². The molecular formula is C21H26N2O4. The van der Waals surface area contributed by atoms with Crippen molar-refractivity contribution in [2.75, 3.05) is 47.1 Å². The zero-order chi connectivity index (χ0) is 19.1. The largest absolute Gasteiger partial charge is 0.493 e. The average Bonchev–Trinajstić information content (AvgIpc) is 2.74. The van der Waals surface area contributed by atoms with Gasteiger partial charge in [-0.15, -0.1) is 0 Å². The van der Waals surface area contributed by atoms with E-state index >= 15 is 0 Å². The molecule has 6 heteroatoms. The number of amides is 1. The minimum Gasteiger partial charge on any atom is -0.493 e. The molecule has 0 spiro atoms. The lowest BCUT2D eigenvalue weighted by Gasteiger charge is -2.31. The number of benzene rings is 2. The van der Waals surface area contributed by atoms with Crippen LogP contribution in [0, 0.1) is 0 Å². The molecule has 1 N–H and O–H groups in total. The second-order valence-electron chi connectivity index (χ2n) is 6.42. The summed E-state index contributed by atoms with van der Waals surface area (Å²) in [5.41, 5.74) is 1.62. The Bertz CT molecular complexity index is 745. The zero-order valence-electron chi connectivity index (χ0n) is 15.8. The van der Waals surface area contributed by atoms with Gasteiger partial charge >= 0.3 is 0 Å². The molecular weight excluding hydrogens is 344 g/mol. The van der Waals surface area contributed by atoms with Gasteiger partial charge in [0.05, 0.1) is 33.5 Å². The topological polar surface area (TPSA) is 60.0 Å². The molecule has 6 nitrogen and oxygen atoms in total. The molecule has 1 aliphatic heterocycles. The molecule has 0 saturated carbocycles. The molecule has 1 fully saturated rings. The summed E-state index contributed by atoms with van der Waals surface area (Å²) < 4.78 is 16.0. The molecule has 3 rings (SSSR count). The zero-order valence-corrected chi connectivity index (χ0v) is 15.8. The van der Waals surface area contributed by atoms with E-state index in [0.29, 0.717) is 17.1 Å². The van der Waals surface area contributed by atoms with E-state index in [1.165, 1.54) is 0 Å². The Balaban J connectivity index is 1.77. The summed E-state index contributed by atoms with van der Waals surface area (Å²) in [6.45, 7) is 3.94. The van der Waals surface area contributed by atoms with Crippen LogP contribution in [-0.4, -0.2) is 57.9 Å². The maximum absolute atomic E-state index is 12.9. The van der Waals surface area contributed by atoms with Gasteiger partial charge in [0.15, 0.2) is 11.5 Å². The van der Waals surface area contributed by atoms with Crippen molar-refractivity contribution in [1.82, 2.24) is 10.2 Å². The highest BCUT2D eigenvalue weighted by Crippen LogP contribution is 2.28. The SMILES string of the molecule is COc1ccc(C(=O)N[C@@H](CN2CCOCC2)c2ccccc2)cc1OC. The third kappa shape index (κ3) is 4.99. The highest BCUT2D eigenvalue weighted by atomic mass is 16.5. The summed E-state index contributed by atoms with van der Waals surface area (Å²) in [5, 5.41) is 3.17. The van der Waals surface area contributed by atoms with Crippen LogP contribution in [0.2, 0.25) is 0 Å². The van der Waals surface area contributed by atoms with Gasteiger partial charge in [-0.1, -0.05) is 30.3 Å². The molecule has 0 aliphatic carbocycles. The minimum atomic E-state index is -0.141. The van der Waals surface area contributed by atoms with Gasteiger partial charge in [-0.05, 0) is 23.8 Å². The Labute approximate surface area is 160 Å². The Hall–Kier alpha value is -2.57. The second kappa shape index (κ2) is 9.39. The lowest BCUT2D eigenvalue weighted by molar-refractivity contribution is 0.0332. The number of carbonyl (C=O) groups is 1. The van der Waals surface area contributed by atoms with E-state index in [2.05, 4.69) is 10.2 Å². The fourth-order valence-corrected chi connectivity index (χ4v) is 3.18. The number of morpholine rings is 1. The number of nitrogens with one attached hydrogen (secondary N) is 1. The molecule has 0 unspecified atom stereocenters. The van der Waals surface area contributed by atoms with E-state index in [9.17, 15) is 4.79 Å². The van der Waals surface area contributed by atoms with Crippen LogP contribution in [0.25, 0.3) is 0 Å². The van der Waals surface area contributed by atoms with Crippen molar-refractivity contribution in [2.45, 2.75) is 6.04 Å². The van der Waals surface area contributed by atoms with E-state index in [4.69, 9.17) is 14.2 Å². The lowest BCUT2D eigenvalue weighted by Crippen LogP contribution is -2.43. The van der Waals surface area contributed by atoms with Crippen molar-refractivity contribution in [2.24, 2.45) is 0 Å². The standard InChI is InChI=1S/C21H26N2O4/c1-25-19-9-8-17(14-20(19)26-2)21(24)22-18(16-6-4-3-5-7-16)15-23-10-12-27-13-11-23/h3-9,14,18H,10-13,15H2,1-2H3,(H,22,24)/t18-/m0/s1. The summed E-state index contributed by atoms with van der Waals surface area (Å²) in [7, 11) is 3.14. The Morgan fingerprint density at radius 3 is 2.44 bits per heavy atom. The normalized spacial score (nSPS) is 15.8. The first-order valence-corrected chi connectivity index (χ1v) is 9.09. The molecule has 0 aromatic heterocycles. The summed E-state index contributed by atoms with van der Waals surface area (Å²) in [5.74, 6) is 0.995. The van der Waals surface area contributed by atoms with Crippen molar-refractivity contribution in [3.8, 4) is 11.5 Å². The van der Waals surface area contributed by atoms with Crippen LogP contribution in [0.15, 0.2) is 48.5 Å². The first kappa shape index (κ1) is 19.2. The Morgan fingerprint density at radius 2 is 1.78 bits per heavy atom. The quantitative estimate of drug-likeness (QED) is 0.812. The van der Waals surface area contributed by atoms with Crippen LogP contribution in [0.1, 0.15) is 22.0 Å². The molecule has 1 atom stereocenters. The van der Waals surface area contributed by atoms with Gasteiger partial charge in [-0.25, -0.2) is 0 Å². The number of ether oxygens (including phenoxy) is 3. The smallest absolute Gasteiger partial charge is 0.251 e. The predicted octanol–water partition coefficient (Wildman–Crippen LogP) is 2.51. The molecule has 1 saturated heterocycles. The number of rotatable bonds is 7. The Kier molecular flexibility index (Phi) is 6.68. The molecule has 144 valence electrons. The second-order valence-corrected chi connectivity index (χ2v) is 6.42. The number of nitrogens with zero attached hydrogens (tertiary/aromatic N) is 1. The van der Waals surface area contributed by atoms with E-state index < -0.39 is 0 Å². The lowest BCUT2D eigenvalue weighted by atomic mass is 10.0. The average molecular weight is 370 g/mol. The van der Waals surface area contributed by atoms with Crippen LogP contribution < -0.4 is 14.8 Å². The molecule has 27 heavy (non-hydrogen) atoms. The van der Waals surface area contributed by atoms with Crippen LogP contribution >= 0.6 is 0 Å². The molecule has 2 aromatic carbocycles. The summed E-state index contributed by atoms with van der Waals surface area (Å²) >= 11 is 0. The van der Waals surface area contributed by atoms with E-state index in [0.717, 1.165) is 38.4 Å². The van der Waals surface area contributed by atoms with Gasteiger partial charge in [0, 0.05) is 25.2 Å². The number of hydrogen-bond acceptors (Lipinski definition) is 5. The Morgan fingerprint density at radius 1 is 1.07 bits per heavy atom. The van der Waals surface area contributed by atoms with Gasteiger partial charge < -0.3 is 19.5 Å². The van der Waals surface area contributed by atoms with E-state index in [1.807, 2.05) is 30.3 Å². The van der Waals surface area contributed by atoms with Crippen molar-refractivity contribution < 1.29 is 19.0 Å². The third-order valence-electron chi connectivity index (χ3n) is 4.70. The highest BCUT2D eigenvalue weighted by Gasteiger charge is 2.21. The molecule has 0 radical (unpaired) electrons.